The van der Waals surface area contributed by atoms with Crippen LogP contribution in [-0.4, -0.2) is 31.7 Å². The molecular formula is C22H30ClNO. The predicted molar refractivity (Wildman–Crippen MR) is 107 cm³/mol. The van der Waals surface area contributed by atoms with E-state index in [1.807, 2.05) is 19.1 Å². The molecule has 2 nitrogen and oxygen atoms in total. The van der Waals surface area contributed by atoms with Crippen molar-refractivity contribution in [3.05, 3.63) is 70.7 Å². The molecule has 0 spiro atoms. The van der Waals surface area contributed by atoms with Gasteiger partial charge in [0.25, 0.3) is 0 Å². The van der Waals surface area contributed by atoms with Crippen LogP contribution in [0.4, 0.5) is 0 Å². The van der Waals surface area contributed by atoms with Crippen molar-refractivity contribution in [1.29, 1.82) is 0 Å². The minimum Gasteiger partial charge on any atom is -0.385 e. The van der Waals surface area contributed by atoms with Crippen LogP contribution in [0.5, 0.6) is 0 Å². The summed E-state index contributed by atoms with van der Waals surface area (Å²) in [5.74, 6) is 0.845. The van der Waals surface area contributed by atoms with E-state index in [2.05, 4.69) is 52.1 Å². The lowest BCUT2D eigenvalue weighted by Crippen LogP contribution is -2.20. The molecule has 3 heteroatoms. The van der Waals surface area contributed by atoms with Crippen molar-refractivity contribution in [2.45, 2.75) is 32.7 Å². The highest BCUT2D eigenvalue weighted by Gasteiger charge is 2.22. The molecule has 2 aromatic rings. The van der Waals surface area contributed by atoms with E-state index in [4.69, 9.17) is 11.6 Å². The van der Waals surface area contributed by atoms with Crippen molar-refractivity contribution < 1.29 is 4.74 Å². The summed E-state index contributed by atoms with van der Waals surface area (Å²) in [4.78, 5) is 2.57. The molecule has 1 heterocycles. The molecule has 1 aliphatic rings. The van der Waals surface area contributed by atoms with Crippen LogP contribution in [0.15, 0.2) is 54.6 Å². The molecule has 1 atom stereocenters. The summed E-state index contributed by atoms with van der Waals surface area (Å²) in [5, 5.41) is 0.820. The number of likely N-dealkylation sites (tertiary alicyclic amines) is 1. The number of halogens is 1. The number of hydrogen-bond acceptors (Lipinski definition) is 2. The first-order valence-corrected chi connectivity index (χ1v) is 9.58. The lowest BCUT2D eigenvalue weighted by Gasteiger charge is -2.16. The second kappa shape index (κ2) is 11.3. The lowest BCUT2D eigenvalue weighted by atomic mass is 9.99. The van der Waals surface area contributed by atoms with Crippen molar-refractivity contribution in [2.75, 3.05) is 26.8 Å². The molecular weight excluding hydrogens is 330 g/mol. The predicted octanol–water partition coefficient (Wildman–Crippen LogP) is 5.45. The Bertz CT molecular complexity index is 583. The Morgan fingerprint density at radius 3 is 2.36 bits per heavy atom. The van der Waals surface area contributed by atoms with Gasteiger partial charge in [-0.1, -0.05) is 54.1 Å². The summed E-state index contributed by atoms with van der Waals surface area (Å²) in [5.41, 5.74) is 2.83. The van der Waals surface area contributed by atoms with Gasteiger partial charge < -0.3 is 4.74 Å². The first-order chi connectivity index (χ1) is 12.2. The van der Waals surface area contributed by atoms with Crippen molar-refractivity contribution in [1.82, 2.24) is 4.90 Å². The van der Waals surface area contributed by atoms with E-state index in [0.717, 1.165) is 24.1 Å². The molecule has 0 radical (unpaired) electrons. The standard InChI is InChI=1S/C19H22ClN.C3H8O/c20-19-10-8-17(9-11-19)14-21-13-12-18(15-21)7-6-16-4-2-1-3-5-16;1-3-4-2/h1-5,8-11,18H,6-7,12-15H2;3H2,1-2H3. The summed E-state index contributed by atoms with van der Waals surface area (Å²) in [6.45, 7) is 6.29. The second-order valence-electron chi connectivity index (χ2n) is 6.62. The van der Waals surface area contributed by atoms with E-state index in [1.165, 1.54) is 43.5 Å². The molecule has 136 valence electrons. The fourth-order valence-corrected chi connectivity index (χ4v) is 3.28. The summed E-state index contributed by atoms with van der Waals surface area (Å²) in [6.07, 6.45) is 3.85. The first-order valence-electron chi connectivity index (χ1n) is 9.21. The van der Waals surface area contributed by atoms with Crippen LogP contribution >= 0.6 is 11.6 Å². The second-order valence-corrected chi connectivity index (χ2v) is 7.05. The largest absolute Gasteiger partial charge is 0.385 e. The van der Waals surface area contributed by atoms with E-state index in [0.29, 0.717) is 0 Å². The van der Waals surface area contributed by atoms with Crippen LogP contribution in [0.3, 0.4) is 0 Å². The Kier molecular flexibility index (Phi) is 9.03. The van der Waals surface area contributed by atoms with E-state index in [-0.39, 0.29) is 0 Å². The zero-order chi connectivity index (χ0) is 17.9. The van der Waals surface area contributed by atoms with Crippen LogP contribution in [0, 0.1) is 5.92 Å². The minimum atomic E-state index is 0.819. The van der Waals surface area contributed by atoms with Gasteiger partial charge in [0.2, 0.25) is 0 Å². The smallest absolute Gasteiger partial charge is 0.0433 e. The van der Waals surface area contributed by atoms with Gasteiger partial charge in [0.1, 0.15) is 0 Å². The summed E-state index contributed by atoms with van der Waals surface area (Å²) in [7, 11) is 1.68. The highest BCUT2D eigenvalue weighted by atomic mass is 35.5. The van der Waals surface area contributed by atoms with Gasteiger partial charge in [-0.15, -0.1) is 0 Å². The third kappa shape index (κ3) is 7.60. The van der Waals surface area contributed by atoms with Crippen molar-refractivity contribution in [3.63, 3.8) is 0 Å². The van der Waals surface area contributed by atoms with Crippen molar-refractivity contribution in [3.8, 4) is 0 Å². The van der Waals surface area contributed by atoms with Crippen LogP contribution in [0.2, 0.25) is 5.02 Å². The Balaban J connectivity index is 0.000000511. The van der Waals surface area contributed by atoms with E-state index < -0.39 is 0 Å². The van der Waals surface area contributed by atoms with Gasteiger partial charge in [0.05, 0.1) is 0 Å². The van der Waals surface area contributed by atoms with E-state index in [9.17, 15) is 0 Å². The molecule has 0 saturated carbocycles. The molecule has 1 aliphatic heterocycles. The SMILES string of the molecule is CCOC.Clc1ccc(CN2CCC(CCc3ccccc3)C2)cc1. The molecule has 25 heavy (non-hydrogen) atoms. The Morgan fingerprint density at radius 2 is 1.72 bits per heavy atom. The molecule has 0 aromatic heterocycles. The number of hydrogen-bond donors (Lipinski definition) is 0. The van der Waals surface area contributed by atoms with Gasteiger partial charge in [-0.3, -0.25) is 4.90 Å². The molecule has 2 aromatic carbocycles. The maximum atomic E-state index is 5.94. The maximum Gasteiger partial charge on any atom is 0.0433 e. The van der Waals surface area contributed by atoms with Gasteiger partial charge >= 0.3 is 0 Å². The maximum absolute atomic E-state index is 5.94. The molecule has 1 fully saturated rings. The average molecular weight is 360 g/mol. The summed E-state index contributed by atoms with van der Waals surface area (Å²) >= 11 is 5.94. The molecule has 1 unspecified atom stereocenters. The van der Waals surface area contributed by atoms with Crippen LogP contribution < -0.4 is 0 Å². The third-order valence-corrected chi connectivity index (χ3v) is 4.91. The highest BCUT2D eigenvalue weighted by Crippen LogP contribution is 2.23. The molecule has 3 rings (SSSR count). The number of nitrogens with zero attached hydrogens (tertiary/aromatic N) is 1. The minimum absolute atomic E-state index is 0.819. The third-order valence-electron chi connectivity index (χ3n) is 4.66. The normalized spacial score (nSPS) is 17.2. The van der Waals surface area contributed by atoms with Crippen molar-refractivity contribution in [2.24, 2.45) is 5.92 Å². The quantitative estimate of drug-likeness (QED) is 0.680. The van der Waals surface area contributed by atoms with Gasteiger partial charge in [-0.25, -0.2) is 0 Å². The average Bonchev–Trinajstić information content (AvgIpc) is 3.10. The zero-order valence-electron chi connectivity index (χ0n) is 15.5. The zero-order valence-corrected chi connectivity index (χ0v) is 16.2. The number of aryl methyl sites for hydroxylation is 1. The summed E-state index contributed by atoms with van der Waals surface area (Å²) < 4.78 is 4.54. The van der Waals surface area contributed by atoms with E-state index >= 15 is 0 Å². The monoisotopic (exact) mass is 359 g/mol. The Hall–Kier alpha value is -1.35. The number of methoxy groups -OCH3 is 1. The molecule has 0 bridgehead atoms. The van der Waals surface area contributed by atoms with Gasteiger partial charge in [0, 0.05) is 31.8 Å². The lowest BCUT2D eigenvalue weighted by molar-refractivity contribution is 0.215. The highest BCUT2D eigenvalue weighted by molar-refractivity contribution is 6.30. The molecule has 0 aliphatic carbocycles. The van der Waals surface area contributed by atoms with Crippen LogP contribution in [0.25, 0.3) is 0 Å². The molecule has 0 N–H and O–H groups in total. The topological polar surface area (TPSA) is 12.5 Å². The Morgan fingerprint density at radius 1 is 1.04 bits per heavy atom. The fraction of sp³-hybridized carbons (Fsp3) is 0.455. The first kappa shape index (κ1) is 20.0. The molecule has 1 saturated heterocycles. The molecule has 0 amide bonds. The number of benzene rings is 2. The van der Waals surface area contributed by atoms with Crippen LogP contribution in [-0.2, 0) is 17.7 Å². The van der Waals surface area contributed by atoms with Crippen molar-refractivity contribution >= 4 is 11.6 Å². The summed E-state index contributed by atoms with van der Waals surface area (Å²) in [6, 6.07) is 19.1. The van der Waals surface area contributed by atoms with E-state index in [1.54, 1.807) is 7.11 Å². The Labute approximate surface area is 157 Å². The number of rotatable bonds is 6. The number of ether oxygens (including phenoxy) is 1. The van der Waals surface area contributed by atoms with Gasteiger partial charge in [-0.05, 0) is 61.9 Å². The van der Waals surface area contributed by atoms with Gasteiger partial charge in [0.15, 0.2) is 0 Å². The fourth-order valence-electron chi connectivity index (χ4n) is 3.16. The van der Waals surface area contributed by atoms with Crippen LogP contribution in [0.1, 0.15) is 30.9 Å². The van der Waals surface area contributed by atoms with Gasteiger partial charge in [-0.2, -0.15) is 0 Å².